The predicted molar refractivity (Wildman–Crippen MR) is 79.8 cm³/mol. The lowest BCUT2D eigenvalue weighted by Crippen LogP contribution is -2.46. The van der Waals surface area contributed by atoms with Crippen LogP contribution in [0.3, 0.4) is 0 Å². The van der Waals surface area contributed by atoms with Crippen LogP contribution in [-0.2, 0) is 10.0 Å². The van der Waals surface area contributed by atoms with Crippen LogP contribution in [0.1, 0.15) is 37.7 Å². The summed E-state index contributed by atoms with van der Waals surface area (Å²) in [6.45, 7) is 2.54. The second-order valence-corrected chi connectivity index (χ2v) is 7.93. The number of hydrogen-bond acceptors (Lipinski definition) is 3. The minimum atomic E-state index is -3.40. The molecule has 110 valence electrons. The number of fused-ring (bicyclic) bond motifs is 1. The molecule has 2 atom stereocenters. The Morgan fingerprint density at radius 1 is 1.20 bits per heavy atom. The fourth-order valence-electron chi connectivity index (χ4n) is 3.62. The summed E-state index contributed by atoms with van der Waals surface area (Å²) in [6, 6.07) is 5.28. The maximum Gasteiger partial charge on any atom is 0.243 e. The molecule has 1 aliphatic heterocycles. The van der Waals surface area contributed by atoms with Crippen molar-refractivity contribution < 1.29 is 8.42 Å². The van der Waals surface area contributed by atoms with Gasteiger partial charge >= 0.3 is 0 Å². The van der Waals surface area contributed by atoms with Crippen LogP contribution in [0.4, 0.5) is 5.69 Å². The summed E-state index contributed by atoms with van der Waals surface area (Å²) in [5.74, 6) is 0.557. The summed E-state index contributed by atoms with van der Waals surface area (Å²) < 4.78 is 27.5. The van der Waals surface area contributed by atoms with Crippen molar-refractivity contribution in [2.45, 2.75) is 50.0 Å². The Hall–Kier alpha value is -1.07. The molecule has 1 saturated carbocycles. The number of rotatable bonds is 2. The van der Waals surface area contributed by atoms with Crippen molar-refractivity contribution in [3.8, 4) is 0 Å². The van der Waals surface area contributed by atoms with Gasteiger partial charge in [-0.05, 0) is 56.2 Å². The van der Waals surface area contributed by atoms with E-state index in [1.807, 2.05) is 6.92 Å². The molecule has 4 nitrogen and oxygen atoms in total. The Balaban J connectivity index is 1.96. The molecule has 2 fully saturated rings. The minimum Gasteiger partial charge on any atom is -0.398 e. The topological polar surface area (TPSA) is 63.4 Å². The van der Waals surface area contributed by atoms with Gasteiger partial charge in [0.2, 0.25) is 10.0 Å². The summed E-state index contributed by atoms with van der Waals surface area (Å²) in [5.41, 5.74) is 7.34. The van der Waals surface area contributed by atoms with Crippen molar-refractivity contribution >= 4 is 15.7 Å². The maximum atomic E-state index is 12.9. The summed E-state index contributed by atoms with van der Waals surface area (Å²) in [4.78, 5) is 0.341. The number of benzene rings is 1. The third-order valence-corrected chi connectivity index (χ3v) is 6.72. The average Bonchev–Trinajstić information content (AvgIpc) is 2.89. The fraction of sp³-hybridized carbons (Fsp3) is 0.600. The van der Waals surface area contributed by atoms with Crippen molar-refractivity contribution in [3.05, 3.63) is 23.8 Å². The first-order chi connectivity index (χ1) is 9.50. The highest BCUT2D eigenvalue weighted by Crippen LogP contribution is 2.39. The van der Waals surface area contributed by atoms with E-state index in [2.05, 4.69) is 0 Å². The van der Waals surface area contributed by atoms with Gasteiger partial charge < -0.3 is 5.73 Å². The zero-order chi connectivity index (χ0) is 14.3. The molecule has 3 rings (SSSR count). The molecule has 1 aliphatic carbocycles. The number of aryl methyl sites for hydroxylation is 1. The quantitative estimate of drug-likeness (QED) is 0.853. The monoisotopic (exact) mass is 294 g/mol. The number of piperidine rings is 1. The van der Waals surface area contributed by atoms with Crippen LogP contribution in [0, 0.1) is 12.8 Å². The van der Waals surface area contributed by atoms with Gasteiger partial charge in [0.1, 0.15) is 0 Å². The molecule has 1 aromatic rings. The Morgan fingerprint density at radius 3 is 2.70 bits per heavy atom. The molecule has 2 unspecified atom stereocenters. The van der Waals surface area contributed by atoms with Crippen molar-refractivity contribution in [2.24, 2.45) is 5.92 Å². The van der Waals surface area contributed by atoms with Gasteiger partial charge in [0, 0.05) is 18.3 Å². The summed E-state index contributed by atoms with van der Waals surface area (Å²) in [6.07, 6.45) is 5.48. The highest BCUT2D eigenvalue weighted by molar-refractivity contribution is 7.89. The van der Waals surface area contributed by atoms with Crippen LogP contribution in [0.25, 0.3) is 0 Å². The van der Waals surface area contributed by atoms with Gasteiger partial charge in [0.05, 0.1) is 4.90 Å². The van der Waals surface area contributed by atoms with Gasteiger partial charge in [-0.15, -0.1) is 0 Å². The Morgan fingerprint density at radius 2 is 1.95 bits per heavy atom. The lowest BCUT2D eigenvalue weighted by atomic mass is 9.94. The van der Waals surface area contributed by atoms with Crippen molar-refractivity contribution in [1.29, 1.82) is 0 Å². The lowest BCUT2D eigenvalue weighted by Gasteiger charge is -2.36. The van der Waals surface area contributed by atoms with E-state index in [1.54, 1.807) is 22.5 Å². The third-order valence-electron chi connectivity index (χ3n) is 4.80. The normalized spacial score (nSPS) is 27.4. The molecular weight excluding hydrogens is 272 g/mol. The van der Waals surface area contributed by atoms with Crippen LogP contribution >= 0.6 is 0 Å². The first kappa shape index (κ1) is 13.9. The molecule has 0 aromatic heterocycles. The molecule has 1 heterocycles. The van der Waals surface area contributed by atoms with Crippen molar-refractivity contribution in [1.82, 2.24) is 4.31 Å². The van der Waals surface area contributed by atoms with E-state index in [0.29, 0.717) is 23.0 Å². The van der Waals surface area contributed by atoms with Gasteiger partial charge in [-0.25, -0.2) is 8.42 Å². The summed E-state index contributed by atoms with van der Waals surface area (Å²) in [7, 11) is -3.40. The second-order valence-electron chi connectivity index (χ2n) is 6.03. The van der Waals surface area contributed by atoms with Gasteiger partial charge in [0.25, 0.3) is 0 Å². The molecule has 1 aromatic carbocycles. The number of anilines is 1. The Bertz CT molecular complexity index is 612. The fourth-order valence-corrected chi connectivity index (χ4v) is 5.41. The molecule has 0 amide bonds. The Kier molecular flexibility index (Phi) is 3.50. The van der Waals surface area contributed by atoms with Gasteiger partial charge in [-0.3, -0.25) is 0 Å². The number of hydrogen-bond donors (Lipinski definition) is 1. The van der Waals surface area contributed by atoms with Crippen LogP contribution in [0.2, 0.25) is 0 Å². The van der Waals surface area contributed by atoms with Crippen LogP contribution < -0.4 is 5.73 Å². The number of nitrogen functional groups attached to an aromatic ring is 1. The molecular formula is C15H22N2O2S. The molecule has 1 saturated heterocycles. The van der Waals surface area contributed by atoms with Crippen LogP contribution in [0.5, 0.6) is 0 Å². The van der Waals surface area contributed by atoms with Crippen molar-refractivity contribution in [3.63, 3.8) is 0 Å². The molecule has 2 aliphatic rings. The first-order valence-corrected chi connectivity index (χ1v) is 8.82. The number of sulfonamides is 1. The highest BCUT2D eigenvalue weighted by Gasteiger charge is 2.41. The van der Waals surface area contributed by atoms with Crippen LogP contribution in [-0.4, -0.2) is 25.3 Å². The largest absolute Gasteiger partial charge is 0.398 e. The van der Waals surface area contributed by atoms with Gasteiger partial charge in [-0.1, -0.05) is 12.5 Å². The van der Waals surface area contributed by atoms with Gasteiger partial charge in [0.15, 0.2) is 0 Å². The number of nitrogens with two attached hydrogens (primary N) is 1. The number of nitrogens with zero attached hydrogens (tertiary/aromatic N) is 1. The van der Waals surface area contributed by atoms with Crippen molar-refractivity contribution in [2.75, 3.05) is 12.3 Å². The zero-order valence-electron chi connectivity index (χ0n) is 11.9. The molecule has 2 N–H and O–H groups in total. The molecule has 0 radical (unpaired) electrons. The van der Waals surface area contributed by atoms with E-state index < -0.39 is 10.0 Å². The van der Waals surface area contributed by atoms with E-state index in [9.17, 15) is 8.42 Å². The minimum absolute atomic E-state index is 0.205. The SMILES string of the molecule is Cc1ccc(S(=O)(=O)N2CCCC3CCCC32)cc1N. The zero-order valence-corrected chi connectivity index (χ0v) is 12.7. The van der Waals surface area contributed by atoms with E-state index in [0.717, 1.165) is 24.8 Å². The molecule has 5 heteroatoms. The summed E-state index contributed by atoms with van der Waals surface area (Å²) in [5, 5.41) is 0. The first-order valence-electron chi connectivity index (χ1n) is 7.38. The van der Waals surface area contributed by atoms with Gasteiger partial charge in [-0.2, -0.15) is 4.31 Å². The second kappa shape index (κ2) is 5.04. The smallest absolute Gasteiger partial charge is 0.243 e. The average molecular weight is 294 g/mol. The van der Waals surface area contributed by atoms with E-state index in [-0.39, 0.29) is 6.04 Å². The van der Waals surface area contributed by atoms with E-state index in [1.165, 1.54) is 12.8 Å². The molecule has 0 bridgehead atoms. The predicted octanol–water partition coefficient (Wildman–Crippen LogP) is 2.53. The van der Waals surface area contributed by atoms with Crippen LogP contribution in [0.15, 0.2) is 23.1 Å². The molecule has 0 spiro atoms. The highest BCUT2D eigenvalue weighted by atomic mass is 32.2. The molecule has 20 heavy (non-hydrogen) atoms. The van der Waals surface area contributed by atoms with E-state index >= 15 is 0 Å². The maximum absolute atomic E-state index is 12.9. The van der Waals surface area contributed by atoms with E-state index in [4.69, 9.17) is 5.73 Å². The Labute approximate surface area is 121 Å². The lowest BCUT2D eigenvalue weighted by molar-refractivity contribution is 0.202. The summed E-state index contributed by atoms with van der Waals surface area (Å²) >= 11 is 0. The third kappa shape index (κ3) is 2.23. The standard InChI is InChI=1S/C15H22N2O2S/c1-11-7-8-13(10-14(11)16)20(18,19)17-9-3-5-12-4-2-6-15(12)17/h7-8,10,12,15H,2-6,9,16H2,1H3.